The molecule has 1 N–H and O–H groups in total. The maximum absolute atomic E-state index is 14.9. The molecular formula is C32H29F2N3O4S2. The van der Waals surface area contributed by atoms with Gasteiger partial charge in [-0.25, -0.2) is 23.2 Å². The highest BCUT2D eigenvalue weighted by atomic mass is 32.2. The van der Waals surface area contributed by atoms with Gasteiger partial charge < -0.3 is 14.0 Å². The second-order valence-corrected chi connectivity index (χ2v) is 12.5. The fourth-order valence-electron chi connectivity index (χ4n) is 5.18. The average molecular weight is 622 g/mol. The van der Waals surface area contributed by atoms with Crippen LogP contribution < -0.4 is 0 Å². The smallest absolute Gasteiger partial charge is 0.355 e. The van der Waals surface area contributed by atoms with Gasteiger partial charge in [0.15, 0.2) is 5.69 Å². The number of benzene rings is 2. The molecule has 2 aliphatic rings. The summed E-state index contributed by atoms with van der Waals surface area (Å²) in [5, 5.41) is 16.4. The number of carboxylic acid groups (broad SMARTS) is 1. The van der Waals surface area contributed by atoms with Gasteiger partial charge in [-0.15, -0.1) is 11.3 Å². The summed E-state index contributed by atoms with van der Waals surface area (Å²) in [4.78, 5) is 16.3. The van der Waals surface area contributed by atoms with Crippen LogP contribution in [0.25, 0.3) is 16.4 Å². The summed E-state index contributed by atoms with van der Waals surface area (Å²) in [6.45, 7) is 0.732. The third-order valence-electron chi connectivity index (χ3n) is 7.53. The van der Waals surface area contributed by atoms with Crippen molar-refractivity contribution in [1.29, 1.82) is 0 Å². The SMILES string of the molecule is COSc1ccc(Cc2c(-c3ccc(F)c(C#CCC4CCCO4)c3)nn(-c3nc(C(=O)O)cs3)c2CC2CC2)cc1F. The van der Waals surface area contributed by atoms with E-state index in [0.717, 1.165) is 61.2 Å². The summed E-state index contributed by atoms with van der Waals surface area (Å²) in [5.41, 5.74) is 3.94. The van der Waals surface area contributed by atoms with E-state index in [1.54, 1.807) is 22.9 Å². The first-order valence-corrected chi connectivity index (χ1v) is 15.7. The van der Waals surface area contributed by atoms with Crippen molar-refractivity contribution < 1.29 is 27.6 Å². The van der Waals surface area contributed by atoms with E-state index in [-0.39, 0.29) is 17.4 Å². The first kappa shape index (κ1) is 29.5. The standard InChI is InChI=1S/C32H29F2N3O4S2/c1-40-43-29-12-9-20(15-26(29)34)14-24-28(16-19-7-8-19)37(32-35-27(18-42-32)31(38)39)36-30(24)22-10-11-25(33)21(17-22)4-2-5-23-6-3-13-41-23/h9-12,15,17-19,23H,3,5-8,13-14,16H2,1H3,(H,38,39). The molecule has 2 aromatic heterocycles. The lowest BCUT2D eigenvalue weighted by atomic mass is 9.96. The maximum atomic E-state index is 14.9. The zero-order chi connectivity index (χ0) is 29.9. The molecule has 0 bridgehead atoms. The Labute approximate surface area is 256 Å². The number of thiazole rings is 1. The van der Waals surface area contributed by atoms with Gasteiger partial charge in [0.1, 0.15) is 11.6 Å². The quantitative estimate of drug-likeness (QED) is 0.149. The van der Waals surface area contributed by atoms with Gasteiger partial charge in [0.2, 0.25) is 5.13 Å². The van der Waals surface area contributed by atoms with E-state index in [1.165, 1.54) is 36.0 Å². The van der Waals surface area contributed by atoms with Gasteiger partial charge in [-0.05, 0) is 73.9 Å². The van der Waals surface area contributed by atoms with E-state index in [2.05, 4.69) is 16.8 Å². The van der Waals surface area contributed by atoms with Gasteiger partial charge in [0.25, 0.3) is 0 Å². The minimum absolute atomic E-state index is 0.0603. The van der Waals surface area contributed by atoms with E-state index in [9.17, 15) is 18.7 Å². The highest BCUT2D eigenvalue weighted by Crippen LogP contribution is 2.38. The highest BCUT2D eigenvalue weighted by molar-refractivity contribution is 7.94. The van der Waals surface area contributed by atoms with E-state index in [4.69, 9.17) is 14.0 Å². The number of rotatable bonds is 10. The van der Waals surface area contributed by atoms with Crippen LogP contribution in [0.4, 0.5) is 8.78 Å². The molecule has 2 aromatic carbocycles. The molecule has 0 spiro atoms. The number of hydrogen-bond donors (Lipinski definition) is 1. The van der Waals surface area contributed by atoms with Crippen LogP contribution in [-0.4, -0.2) is 45.7 Å². The Hall–Kier alpha value is -3.56. The summed E-state index contributed by atoms with van der Waals surface area (Å²) < 4.78 is 42.2. The molecule has 3 heterocycles. The van der Waals surface area contributed by atoms with Crippen molar-refractivity contribution in [2.45, 2.75) is 55.9 Å². The van der Waals surface area contributed by atoms with Crippen LogP contribution in [0, 0.1) is 29.4 Å². The summed E-state index contributed by atoms with van der Waals surface area (Å²) in [6.07, 6.45) is 5.81. The molecule has 7 nitrogen and oxygen atoms in total. The number of ether oxygens (including phenoxy) is 1. The van der Waals surface area contributed by atoms with Crippen LogP contribution in [0.3, 0.4) is 0 Å². The molecule has 1 saturated carbocycles. The average Bonchev–Trinajstić information content (AvgIpc) is 3.34. The normalized spacial score (nSPS) is 16.3. The summed E-state index contributed by atoms with van der Waals surface area (Å²) in [5.74, 6) is 4.58. The van der Waals surface area contributed by atoms with Crippen LogP contribution in [0.5, 0.6) is 0 Å². The number of carbonyl (C=O) groups is 1. The number of hydrogen-bond acceptors (Lipinski definition) is 7. The van der Waals surface area contributed by atoms with Crippen LogP contribution in [0.1, 0.15) is 65.0 Å². The molecule has 2 fully saturated rings. The number of aromatic carboxylic acids is 1. The largest absolute Gasteiger partial charge is 0.476 e. The van der Waals surface area contributed by atoms with E-state index >= 15 is 0 Å². The molecule has 1 unspecified atom stereocenters. The van der Waals surface area contributed by atoms with Gasteiger partial charge in [-0.3, -0.25) is 0 Å². The molecular weight excluding hydrogens is 592 g/mol. The van der Waals surface area contributed by atoms with Crippen molar-refractivity contribution in [2.75, 3.05) is 13.7 Å². The third kappa shape index (κ3) is 6.83. The van der Waals surface area contributed by atoms with E-state index < -0.39 is 17.6 Å². The number of aromatic nitrogens is 3. The summed E-state index contributed by atoms with van der Waals surface area (Å²) in [6, 6.07) is 9.77. The van der Waals surface area contributed by atoms with Crippen molar-refractivity contribution in [3.63, 3.8) is 0 Å². The lowest BCUT2D eigenvalue weighted by Gasteiger charge is -2.10. The Bertz CT molecular complexity index is 1720. The molecule has 1 atom stereocenters. The minimum Gasteiger partial charge on any atom is -0.476 e. The zero-order valence-corrected chi connectivity index (χ0v) is 25.1. The monoisotopic (exact) mass is 621 g/mol. The van der Waals surface area contributed by atoms with Crippen molar-refractivity contribution in [3.05, 3.63) is 81.5 Å². The van der Waals surface area contributed by atoms with Crippen LogP contribution in [-0.2, 0) is 21.8 Å². The Kier molecular flexibility index (Phi) is 8.90. The fraction of sp³-hybridized carbons (Fsp3) is 0.344. The van der Waals surface area contributed by atoms with Crippen molar-refractivity contribution >= 4 is 29.3 Å². The third-order valence-corrected chi connectivity index (χ3v) is 9.02. The number of halogens is 2. The van der Waals surface area contributed by atoms with Crippen LogP contribution in [0.2, 0.25) is 0 Å². The number of nitrogens with zero attached hydrogens (tertiary/aromatic N) is 3. The summed E-state index contributed by atoms with van der Waals surface area (Å²) in [7, 11) is 1.49. The highest BCUT2D eigenvalue weighted by Gasteiger charge is 2.29. The second-order valence-electron chi connectivity index (χ2n) is 10.7. The molecule has 0 amide bonds. The Morgan fingerprint density at radius 1 is 1.21 bits per heavy atom. The Balaban J connectivity index is 1.45. The van der Waals surface area contributed by atoms with Crippen LogP contribution in [0.15, 0.2) is 46.7 Å². The van der Waals surface area contributed by atoms with Gasteiger partial charge in [0, 0.05) is 48.0 Å². The molecule has 11 heteroatoms. The number of carboxylic acids is 1. The van der Waals surface area contributed by atoms with Crippen LogP contribution >= 0.6 is 23.4 Å². The lowest BCUT2D eigenvalue weighted by Crippen LogP contribution is -2.06. The summed E-state index contributed by atoms with van der Waals surface area (Å²) >= 11 is 2.15. The first-order chi connectivity index (χ1) is 20.9. The maximum Gasteiger partial charge on any atom is 0.355 e. The Morgan fingerprint density at radius 3 is 2.77 bits per heavy atom. The second kappa shape index (κ2) is 13.0. The fourth-order valence-corrected chi connectivity index (χ4v) is 6.39. The molecule has 222 valence electrons. The van der Waals surface area contributed by atoms with Crippen molar-refractivity contribution in [1.82, 2.24) is 14.8 Å². The first-order valence-electron chi connectivity index (χ1n) is 14.1. The van der Waals surface area contributed by atoms with Gasteiger partial charge >= 0.3 is 5.97 Å². The topological polar surface area (TPSA) is 86.5 Å². The molecule has 4 aromatic rings. The minimum atomic E-state index is -1.12. The molecule has 6 rings (SSSR count). The predicted octanol–water partition coefficient (Wildman–Crippen LogP) is 7.09. The van der Waals surface area contributed by atoms with Gasteiger partial charge in [-0.1, -0.05) is 17.9 Å². The van der Waals surface area contributed by atoms with Crippen molar-refractivity contribution in [3.8, 4) is 28.2 Å². The molecule has 43 heavy (non-hydrogen) atoms. The zero-order valence-electron chi connectivity index (χ0n) is 23.4. The van der Waals surface area contributed by atoms with E-state index in [0.29, 0.717) is 46.5 Å². The molecule has 0 radical (unpaired) electrons. The van der Waals surface area contributed by atoms with Gasteiger partial charge in [-0.2, -0.15) is 5.10 Å². The lowest BCUT2D eigenvalue weighted by molar-refractivity contribution is 0.0691. The predicted molar refractivity (Wildman–Crippen MR) is 161 cm³/mol. The van der Waals surface area contributed by atoms with Gasteiger partial charge in [0.05, 0.1) is 35.1 Å². The van der Waals surface area contributed by atoms with E-state index in [1.807, 2.05) is 6.07 Å². The Morgan fingerprint density at radius 2 is 2.07 bits per heavy atom. The van der Waals surface area contributed by atoms with Crippen molar-refractivity contribution in [2.24, 2.45) is 5.92 Å². The molecule has 1 saturated heterocycles. The molecule has 1 aliphatic carbocycles. The molecule has 1 aliphatic heterocycles.